The van der Waals surface area contributed by atoms with E-state index in [1.807, 2.05) is 6.92 Å². The van der Waals surface area contributed by atoms with Gasteiger partial charge in [-0.3, -0.25) is 0 Å². The first-order valence-electron chi connectivity index (χ1n) is 4.93. The fourth-order valence-electron chi connectivity index (χ4n) is 1.28. The van der Waals surface area contributed by atoms with E-state index < -0.39 is 0 Å². The summed E-state index contributed by atoms with van der Waals surface area (Å²) in [6.07, 6.45) is 0. The van der Waals surface area contributed by atoms with Crippen LogP contribution in [0.3, 0.4) is 0 Å². The summed E-state index contributed by atoms with van der Waals surface area (Å²) in [5.74, 6) is -0.113. The second kappa shape index (κ2) is 5.56. The van der Waals surface area contributed by atoms with Crippen LogP contribution in [0.4, 0.5) is 10.1 Å². The number of likely N-dealkylation sites (N-methyl/N-ethyl adjacent to an activating group) is 1. The van der Waals surface area contributed by atoms with Crippen molar-refractivity contribution in [1.29, 1.82) is 0 Å². The van der Waals surface area contributed by atoms with E-state index in [4.69, 9.17) is 9.84 Å². The number of nitrogens with zero attached hydrogens (tertiary/aromatic N) is 1. The number of anilines is 1. The number of hydrogen-bond donors (Lipinski definition) is 1. The van der Waals surface area contributed by atoms with Crippen molar-refractivity contribution >= 4 is 5.69 Å². The Morgan fingerprint density at radius 3 is 2.73 bits per heavy atom. The van der Waals surface area contributed by atoms with Gasteiger partial charge in [-0.2, -0.15) is 0 Å². The van der Waals surface area contributed by atoms with Gasteiger partial charge in [0.05, 0.1) is 13.2 Å². The lowest BCUT2D eigenvalue weighted by Gasteiger charge is -2.18. The topological polar surface area (TPSA) is 32.7 Å². The van der Waals surface area contributed by atoms with Crippen molar-refractivity contribution in [3.05, 3.63) is 24.0 Å². The van der Waals surface area contributed by atoms with Gasteiger partial charge in [-0.15, -0.1) is 0 Å². The molecule has 0 aromatic heterocycles. The maximum absolute atomic E-state index is 13.4. The van der Waals surface area contributed by atoms with Crippen LogP contribution < -0.4 is 9.64 Å². The van der Waals surface area contributed by atoms with Crippen LogP contribution in [0.1, 0.15) is 6.92 Å². The minimum Gasteiger partial charge on any atom is -0.491 e. The van der Waals surface area contributed by atoms with E-state index in [9.17, 15) is 4.39 Å². The minimum absolute atomic E-state index is 0.0470. The molecule has 0 aliphatic carbocycles. The summed E-state index contributed by atoms with van der Waals surface area (Å²) in [5.41, 5.74) is 0.727. The Kier molecular flexibility index (Phi) is 4.37. The predicted molar refractivity (Wildman–Crippen MR) is 57.9 cm³/mol. The Morgan fingerprint density at radius 2 is 2.20 bits per heavy atom. The van der Waals surface area contributed by atoms with Gasteiger partial charge in [0.25, 0.3) is 0 Å². The number of ether oxygens (including phenoxy) is 1. The fraction of sp³-hybridized carbons (Fsp3) is 0.455. The Hall–Kier alpha value is -1.29. The highest BCUT2D eigenvalue weighted by molar-refractivity contribution is 5.49. The lowest BCUT2D eigenvalue weighted by molar-refractivity contribution is 0.304. The van der Waals surface area contributed by atoms with Gasteiger partial charge < -0.3 is 14.7 Å². The highest BCUT2D eigenvalue weighted by atomic mass is 19.1. The largest absolute Gasteiger partial charge is 0.491 e. The third-order valence-electron chi connectivity index (χ3n) is 2.09. The van der Waals surface area contributed by atoms with Crippen molar-refractivity contribution in [3.63, 3.8) is 0 Å². The molecule has 3 nitrogen and oxygen atoms in total. The predicted octanol–water partition coefficient (Wildman–Crippen LogP) is 1.65. The van der Waals surface area contributed by atoms with Crippen LogP contribution in [0.5, 0.6) is 5.75 Å². The van der Waals surface area contributed by atoms with E-state index in [0.717, 1.165) is 5.69 Å². The number of aliphatic hydroxyl groups is 1. The lowest BCUT2D eigenvalue weighted by atomic mass is 10.2. The third kappa shape index (κ3) is 3.09. The molecule has 0 spiro atoms. The molecule has 0 heterocycles. The Balaban J connectivity index is 2.81. The van der Waals surface area contributed by atoms with Crippen molar-refractivity contribution in [1.82, 2.24) is 0 Å². The normalized spacial score (nSPS) is 10.1. The molecule has 0 aliphatic rings. The molecule has 1 aromatic rings. The summed E-state index contributed by atoms with van der Waals surface area (Å²) < 4.78 is 18.5. The van der Waals surface area contributed by atoms with Crippen LogP contribution in [0.25, 0.3) is 0 Å². The van der Waals surface area contributed by atoms with Gasteiger partial charge in [0.2, 0.25) is 0 Å². The van der Waals surface area contributed by atoms with E-state index in [2.05, 4.69) is 0 Å². The molecule has 1 N–H and O–H groups in total. The molecule has 0 bridgehead atoms. The first-order chi connectivity index (χ1) is 7.19. The van der Waals surface area contributed by atoms with Gasteiger partial charge in [0, 0.05) is 25.3 Å². The van der Waals surface area contributed by atoms with E-state index in [1.165, 1.54) is 6.07 Å². The summed E-state index contributed by atoms with van der Waals surface area (Å²) in [7, 11) is 1.80. The summed E-state index contributed by atoms with van der Waals surface area (Å²) in [5, 5.41) is 8.75. The van der Waals surface area contributed by atoms with Gasteiger partial charge in [-0.25, -0.2) is 4.39 Å². The number of halogens is 1. The van der Waals surface area contributed by atoms with Crippen LogP contribution in [0.15, 0.2) is 18.2 Å². The van der Waals surface area contributed by atoms with Crippen LogP contribution in [0, 0.1) is 5.82 Å². The SMILES string of the molecule is CCOc1ccc(N(C)CCO)cc1F. The molecule has 0 aliphatic heterocycles. The standard InChI is InChI=1S/C11H16FNO2/c1-3-15-11-5-4-9(8-10(11)12)13(2)6-7-14/h4-5,8,14H,3,6-7H2,1-2H3. The van der Waals surface area contributed by atoms with Crippen molar-refractivity contribution in [2.45, 2.75) is 6.92 Å². The second-order valence-corrected chi connectivity index (χ2v) is 3.19. The monoisotopic (exact) mass is 213 g/mol. The van der Waals surface area contributed by atoms with E-state index >= 15 is 0 Å². The minimum atomic E-state index is -0.376. The Bertz CT molecular complexity index is 317. The number of benzene rings is 1. The molecule has 0 amide bonds. The van der Waals surface area contributed by atoms with Crippen LogP contribution in [0.2, 0.25) is 0 Å². The molecular formula is C11H16FNO2. The van der Waals surface area contributed by atoms with Gasteiger partial charge in [-0.1, -0.05) is 0 Å². The van der Waals surface area contributed by atoms with Crippen LogP contribution >= 0.6 is 0 Å². The third-order valence-corrected chi connectivity index (χ3v) is 2.09. The molecule has 1 rings (SSSR count). The van der Waals surface area contributed by atoms with Gasteiger partial charge in [-0.05, 0) is 19.1 Å². The van der Waals surface area contributed by atoms with Crippen molar-refractivity contribution in [2.75, 3.05) is 31.7 Å². The number of aliphatic hydroxyl groups excluding tert-OH is 1. The summed E-state index contributed by atoms with van der Waals surface area (Å²) in [4.78, 5) is 1.78. The lowest BCUT2D eigenvalue weighted by Crippen LogP contribution is -2.21. The van der Waals surface area contributed by atoms with Crippen molar-refractivity contribution in [2.24, 2.45) is 0 Å². The molecule has 0 saturated carbocycles. The van der Waals surface area contributed by atoms with Crippen LogP contribution in [-0.2, 0) is 0 Å². The van der Waals surface area contributed by atoms with Gasteiger partial charge >= 0.3 is 0 Å². The Morgan fingerprint density at radius 1 is 1.47 bits per heavy atom. The highest BCUT2D eigenvalue weighted by Crippen LogP contribution is 2.22. The van der Waals surface area contributed by atoms with Gasteiger partial charge in [0.15, 0.2) is 11.6 Å². The molecule has 0 radical (unpaired) electrons. The van der Waals surface area contributed by atoms with Gasteiger partial charge in [0.1, 0.15) is 0 Å². The number of hydrogen-bond acceptors (Lipinski definition) is 3. The second-order valence-electron chi connectivity index (χ2n) is 3.19. The van der Waals surface area contributed by atoms with E-state index in [-0.39, 0.29) is 18.2 Å². The Labute approximate surface area is 89.1 Å². The molecule has 4 heteroatoms. The van der Waals surface area contributed by atoms with Crippen molar-refractivity contribution < 1.29 is 14.2 Å². The summed E-state index contributed by atoms with van der Waals surface area (Å²) in [6, 6.07) is 4.77. The molecule has 15 heavy (non-hydrogen) atoms. The molecule has 0 saturated heterocycles. The molecule has 0 unspecified atom stereocenters. The maximum atomic E-state index is 13.4. The van der Waals surface area contributed by atoms with Crippen molar-refractivity contribution in [3.8, 4) is 5.75 Å². The smallest absolute Gasteiger partial charge is 0.167 e. The van der Waals surface area contributed by atoms with E-state index in [1.54, 1.807) is 24.1 Å². The fourth-order valence-corrected chi connectivity index (χ4v) is 1.28. The first-order valence-corrected chi connectivity index (χ1v) is 4.93. The molecule has 0 atom stereocenters. The zero-order valence-corrected chi connectivity index (χ0v) is 9.03. The highest BCUT2D eigenvalue weighted by Gasteiger charge is 2.06. The maximum Gasteiger partial charge on any atom is 0.167 e. The molecule has 1 aromatic carbocycles. The average molecular weight is 213 g/mol. The quantitative estimate of drug-likeness (QED) is 0.807. The first kappa shape index (κ1) is 11.8. The summed E-state index contributed by atoms with van der Waals surface area (Å²) >= 11 is 0. The molecular weight excluding hydrogens is 197 g/mol. The number of rotatable bonds is 5. The average Bonchev–Trinajstić information content (AvgIpc) is 2.21. The molecule has 0 fully saturated rings. The zero-order valence-electron chi connectivity index (χ0n) is 9.03. The summed E-state index contributed by atoms with van der Waals surface area (Å²) in [6.45, 7) is 2.78. The zero-order chi connectivity index (χ0) is 11.3. The van der Waals surface area contributed by atoms with Crippen LogP contribution in [-0.4, -0.2) is 31.9 Å². The molecule has 84 valence electrons. The van der Waals surface area contributed by atoms with E-state index in [0.29, 0.717) is 13.2 Å².